The molecule has 1 aliphatic rings. The van der Waals surface area contributed by atoms with Gasteiger partial charge in [0.1, 0.15) is 0 Å². The van der Waals surface area contributed by atoms with Gasteiger partial charge in [-0.25, -0.2) is 0 Å². The van der Waals surface area contributed by atoms with E-state index in [2.05, 4.69) is 43.1 Å². The third-order valence-electron chi connectivity index (χ3n) is 4.09. The van der Waals surface area contributed by atoms with Gasteiger partial charge in [0, 0.05) is 23.1 Å². The van der Waals surface area contributed by atoms with Gasteiger partial charge in [-0.2, -0.15) is 0 Å². The van der Waals surface area contributed by atoms with E-state index in [0.29, 0.717) is 18.1 Å². The molecule has 0 amide bonds. The van der Waals surface area contributed by atoms with Crippen LogP contribution in [0.1, 0.15) is 45.2 Å². The number of hydrogen-bond donors (Lipinski definition) is 1. The molecule has 0 radical (unpaired) electrons. The first-order valence-electron chi connectivity index (χ1n) is 7.32. The Morgan fingerprint density at radius 1 is 1.21 bits per heavy atom. The predicted molar refractivity (Wildman–Crippen MR) is 82.7 cm³/mol. The fourth-order valence-electron chi connectivity index (χ4n) is 2.81. The number of rotatable bonds is 4. The van der Waals surface area contributed by atoms with Gasteiger partial charge < -0.3 is 10.2 Å². The number of benzene rings is 1. The van der Waals surface area contributed by atoms with E-state index in [1.165, 1.54) is 31.5 Å². The number of halogens is 1. The second-order valence-electron chi connectivity index (χ2n) is 5.85. The maximum absolute atomic E-state index is 6.05. The molecule has 2 rings (SSSR count). The fraction of sp³-hybridized carbons (Fsp3) is 0.625. The molecule has 1 aliphatic heterocycles. The van der Waals surface area contributed by atoms with E-state index in [9.17, 15) is 0 Å². The van der Waals surface area contributed by atoms with Crippen molar-refractivity contribution in [2.45, 2.75) is 51.7 Å². The zero-order valence-electron chi connectivity index (χ0n) is 12.2. The lowest BCUT2D eigenvalue weighted by Crippen LogP contribution is -2.45. The number of likely N-dealkylation sites (tertiary alicyclic amines) is 1. The molecular formula is C16H25ClN2. The van der Waals surface area contributed by atoms with Crippen LogP contribution in [0, 0.1) is 0 Å². The number of nitrogens with zero attached hydrogens (tertiary/aromatic N) is 1. The molecule has 1 aromatic carbocycles. The average molecular weight is 281 g/mol. The van der Waals surface area contributed by atoms with Gasteiger partial charge in [0.2, 0.25) is 0 Å². The Morgan fingerprint density at radius 3 is 2.47 bits per heavy atom. The first-order chi connectivity index (χ1) is 9.06. The molecule has 1 unspecified atom stereocenters. The van der Waals surface area contributed by atoms with Crippen LogP contribution in [-0.4, -0.2) is 30.1 Å². The molecular weight excluding hydrogens is 256 g/mol. The highest BCUT2D eigenvalue weighted by Crippen LogP contribution is 2.20. The van der Waals surface area contributed by atoms with Gasteiger partial charge in [0.05, 0.1) is 0 Å². The molecule has 0 aromatic heterocycles. The summed E-state index contributed by atoms with van der Waals surface area (Å²) in [4.78, 5) is 2.56. The van der Waals surface area contributed by atoms with E-state index in [0.717, 1.165) is 5.02 Å². The minimum absolute atomic E-state index is 0.370. The van der Waals surface area contributed by atoms with Crippen LogP contribution in [-0.2, 0) is 0 Å². The van der Waals surface area contributed by atoms with Crippen molar-refractivity contribution >= 4 is 11.6 Å². The summed E-state index contributed by atoms with van der Waals surface area (Å²) in [7, 11) is 0. The maximum atomic E-state index is 6.05. The minimum atomic E-state index is 0.370. The van der Waals surface area contributed by atoms with Crippen molar-refractivity contribution in [3.8, 4) is 0 Å². The highest BCUT2D eigenvalue weighted by molar-refractivity contribution is 6.30. The van der Waals surface area contributed by atoms with Crippen molar-refractivity contribution in [1.29, 1.82) is 0 Å². The van der Waals surface area contributed by atoms with Crippen LogP contribution >= 0.6 is 11.6 Å². The summed E-state index contributed by atoms with van der Waals surface area (Å²) < 4.78 is 0. The van der Waals surface area contributed by atoms with Gasteiger partial charge in [-0.1, -0.05) is 23.7 Å². The average Bonchev–Trinajstić information content (AvgIpc) is 2.39. The van der Waals surface area contributed by atoms with Gasteiger partial charge in [-0.05, 0) is 64.4 Å². The molecule has 0 saturated carbocycles. The minimum Gasteiger partial charge on any atom is -0.307 e. The maximum Gasteiger partial charge on any atom is 0.0409 e. The lowest BCUT2D eigenvalue weighted by Gasteiger charge is -2.36. The second kappa shape index (κ2) is 6.74. The molecule has 3 heteroatoms. The van der Waals surface area contributed by atoms with E-state index in [-0.39, 0.29) is 0 Å². The van der Waals surface area contributed by atoms with Gasteiger partial charge in [0.25, 0.3) is 0 Å². The SMILES string of the molecule is CC(NC1CCN(C(C)C)CC1)c1cccc(Cl)c1. The first-order valence-corrected chi connectivity index (χ1v) is 7.69. The Bertz CT molecular complexity index is 397. The summed E-state index contributed by atoms with van der Waals surface area (Å²) in [6, 6.07) is 9.83. The van der Waals surface area contributed by atoms with Crippen molar-refractivity contribution in [3.63, 3.8) is 0 Å². The third-order valence-corrected chi connectivity index (χ3v) is 4.33. The number of hydrogen-bond acceptors (Lipinski definition) is 2. The van der Waals surface area contributed by atoms with Crippen LogP contribution in [0.3, 0.4) is 0 Å². The molecule has 19 heavy (non-hydrogen) atoms. The van der Waals surface area contributed by atoms with Crippen molar-refractivity contribution in [1.82, 2.24) is 10.2 Å². The molecule has 1 aromatic rings. The Morgan fingerprint density at radius 2 is 1.89 bits per heavy atom. The molecule has 0 spiro atoms. The normalized spacial score (nSPS) is 19.8. The monoisotopic (exact) mass is 280 g/mol. The second-order valence-corrected chi connectivity index (χ2v) is 6.28. The molecule has 0 bridgehead atoms. The largest absolute Gasteiger partial charge is 0.307 e. The topological polar surface area (TPSA) is 15.3 Å². The van der Waals surface area contributed by atoms with Gasteiger partial charge in [-0.15, -0.1) is 0 Å². The van der Waals surface area contributed by atoms with Crippen LogP contribution in [0.5, 0.6) is 0 Å². The quantitative estimate of drug-likeness (QED) is 0.901. The smallest absolute Gasteiger partial charge is 0.0409 e. The molecule has 1 atom stereocenters. The summed E-state index contributed by atoms with van der Waals surface area (Å²) in [6.07, 6.45) is 2.48. The van der Waals surface area contributed by atoms with E-state index >= 15 is 0 Å². The van der Waals surface area contributed by atoms with Crippen LogP contribution in [0.2, 0.25) is 5.02 Å². The number of nitrogens with one attached hydrogen (secondary N) is 1. The Kier molecular flexibility index (Phi) is 5.26. The van der Waals surface area contributed by atoms with E-state index in [4.69, 9.17) is 11.6 Å². The number of piperidine rings is 1. The highest BCUT2D eigenvalue weighted by atomic mass is 35.5. The third kappa shape index (κ3) is 4.20. The summed E-state index contributed by atoms with van der Waals surface area (Å²) in [6.45, 7) is 9.19. The van der Waals surface area contributed by atoms with E-state index < -0.39 is 0 Å². The zero-order chi connectivity index (χ0) is 13.8. The molecule has 1 saturated heterocycles. The fourth-order valence-corrected chi connectivity index (χ4v) is 3.01. The van der Waals surface area contributed by atoms with Crippen LogP contribution in [0.15, 0.2) is 24.3 Å². The van der Waals surface area contributed by atoms with Crippen molar-refractivity contribution < 1.29 is 0 Å². The zero-order valence-corrected chi connectivity index (χ0v) is 13.0. The van der Waals surface area contributed by atoms with Crippen LogP contribution in [0.25, 0.3) is 0 Å². The summed E-state index contributed by atoms with van der Waals surface area (Å²) >= 11 is 6.05. The molecule has 1 fully saturated rings. The highest BCUT2D eigenvalue weighted by Gasteiger charge is 2.22. The molecule has 2 nitrogen and oxygen atoms in total. The predicted octanol–water partition coefficient (Wildman–Crippen LogP) is 3.86. The van der Waals surface area contributed by atoms with E-state index in [1.807, 2.05) is 12.1 Å². The summed E-state index contributed by atoms with van der Waals surface area (Å²) in [5.41, 5.74) is 1.28. The lowest BCUT2D eigenvalue weighted by molar-refractivity contribution is 0.157. The Balaban J connectivity index is 1.85. The Labute approximate surface area is 122 Å². The van der Waals surface area contributed by atoms with Gasteiger partial charge in [0.15, 0.2) is 0 Å². The molecule has 106 valence electrons. The van der Waals surface area contributed by atoms with Crippen molar-refractivity contribution in [2.24, 2.45) is 0 Å². The van der Waals surface area contributed by atoms with Crippen LogP contribution in [0.4, 0.5) is 0 Å². The van der Waals surface area contributed by atoms with E-state index in [1.54, 1.807) is 0 Å². The van der Waals surface area contributed by atoms with Crippen molar-refractivity contribution in [2.75, 3.05) is 13.1 Å². The molecule has 1 heterocycles. The Hall–Kier alpha value is -0.570. The van der Waals surface area contributed by atoms with Crippen LogP contribution < -0.4 is 5.32 Å². The standard InChI is InChI=1S/C16H25ClN2/c1-12(2)19-9-7-16(8-10-19)18-13(3)14-5-4-6-15(17)11-14/h4-6,11-13,16,18H,7-10H2,1-3H3. The lowest BCUT2D eigenvalue weighted by atomic mass is 10.0. The molecule has 1 N–H and O–H groups in total. The summed E-state index contributed by atoms with van der Waals surface area (Å²) in [5, 5.41) is 4.56. The molecule has 0 aliphatic carbocycles. The summed E-state index contributed by atoms with van der Waals surface area (Å²) in [5.74, 6) is 0. The van der Waals surface area contributed by atoms with Crippen molar-refractivity contribution in [3.05, 3.63) is 34.9 Å². The van der Waals surface area contributed by atoms with Gasteiger partial charge in [-0.3, -0.25) is 0 Å². The first kappa shape index (κ1) is 14.8. The van der Waals surface area contributed by atoms with Gasteiger partial charge >= 0.3 is 0 Å².